The van der Waals surface area contributed by atoms with Gasteiger partial charge in [0.15, 0.2) is 0 Å². The van der Waals surface area contributed by atoms with Crippen molar-refractivity contribution in [2.45, 2.75) is 26.4 Å². The van der Waals surface area contributed by atoms with Gasteiger partial charge in [0.2, 0.25) is 0 Å². The molecule has 0 aliphatic carbocycles. The number of hydrogen-bond acceptors (Lipinski definition) is 3. The third-order valence-corrected chi connectivity index (χ3v) is 3.09. The average molecular weight is 206 g/mol. The molecule has 1 aromatic rings. The Balaban J connectivity index is 2.12. The summed E-state index contributed by atoms with van der Waals surface area (Å²) in [5.74, 6) is 1.37. The molecule has 0 aromatic carbocycles. The quantitative estimate of drug-likeness (QED) is 0.758. The predicted octanol–water partition coefficient (Wildman–Crippen LogP) is 1.60. The molecule has 2 rings (SSSR count). The summed E-state index contributed by atoms with van der Waals surface area (Å²) in [5, 5.41) is 9.65. The Morgan fingerprint density at radius 2 is 2.33 bits per heavy atom. The van der Waals surface area contributed by atoms with Crippen LogP contribution in [0.2, 0.25) is 0 Å². The molecular formula is C12H18N2O. The summed E-state index contributed by atoms with van der Waals surface area (Å²) in [4.78, 5) is 6.62. The van der Waals surface area contributed by atoms with Crippen molar-refractivity contribution >= 4 is 5.82 Å². The third kappa shape index (κ3) is 2.29. The van der Waals surface area contributed by atoms with Crippen LogP contribution in [0.3, 0.4) is 0 Å². The van der Waals surface area contributed by atoms with Crippen LogP contribution in [0.1, 0.15) is 18.9 Å². The second-order valence-electron chi connectivity index (χ2n) is 4.47. The Hall–Kier alpha value is -1.09. The number of aromatic nitrogens is 1. The average Bonchev–Trinajstić information content (AvgIpc) is 2.22. The van der Waals surface area contributed by atoms with Crippen molar-refractivity contribution in [2.75, 3.05) is 18.0 Å². The summed E-state index contributed by atoms with van der Waals surface area (Å²) >= 11 is 0. The van der Waals surface area contributed by atoms with Crippen molar-refractivity contribution in [2.24, 2.45) is 5.92 Å². The SMILES string of the molecule is Cc1ccnc(N2CCC(O)C(C)C2)c1. The summed E-state index contributed by atoms with van der Waals surface area (Å²) < 4.78 is 0. The molecule has 0 spiro atoms. The van der Waals surface area contributed by atoms with Crippen LogP contribution in [0, 0.1) is 12.8 Å². The Labute approximate surface area is 90.8 Å². The maximum Gasteiger partial charge on any atom is 0.128 e. The summed E-state index contributed by atoms with van der Waals surface area (Å²) in [6.45, 7) is 5.97. The van der Waals surface area contributed by atoms with E-state index in [0.29, 0.717) is 5.92 Å². The fourth-order valence-corrected chi connectivity index (χ4v) is 2.03. The van der Waals surface area contributed by atoms with Crippen LogP contribution >= 0.6 is 0 Å². The van der Waals surface area contributed by atoms with Gasteiger partial charge in [-0.25, -0.2) is 4.98 Å². The van der Waals surface area contributed by atoms with Gasteiger partial charge in [0.05, 0.1) is 6.10 Å². The number of pyridine rings is 1. The number of aliphatic hydroxyl groups is 1. The van der Waals surface area contributed by atoms with Gasteiger partial charge in [-0.05, 0) is 37.0 Å². The van der Waals surface area contributed by atoms with E-state index in [1.54, 1.807) is 0 Å². The zero-order valence-corrected chi connectivity index (χ0v) is 9.35. The first-order valence-electron chi connectivity index (χ1n) is 5.52. The van der Waals surface area contributed by atoms with Crippen LogP contribution in [-0.2, 0) is 0 Å². The normalized spacial score (nSPS) is 26.7. The highest BCUT2D eigenvalue weighted by atomic mass is 16.3. The summed E-state index contributed by atoms with van der Waals surface area (Å²) in [7, 11) is 0. The molecule has 1 N–H and O–H groups in total. The first kappa shape index (κ1) is 10.4. The van der Waals surface area contributed by atoms with Crippen LogP contribution in [0.15, 0.2) is 18.3 Å². The van der Waals surface area contributed by atoms with E-state index in [4.69, 9.17) is 0 Å². The molecule has 1 aromatic heterocycles. The molecule has 2 heterocycles. The van der Waals surface area contributed by atoms with Crippen molar-refractivity contribution in [3.05, 3.63) is 23.9 Å². The van der Waals surface area contributed by atoms with Crippen molar-refractivity contribution in [3.8, 4) is 0 Å². The molecule has 0 bridgehead atoms. The molecule has 82 valence electrons. The minimum absolute atomic E-state index is 0.147. The second kappa shape index (κ2) is 4.19. The van der Waals surface area contributed by atoms with E-state index in [2.05, 4.69) is 29.8 Å². The van der Waals surface area contributed by atoms with Gasteiger partial charge in [0.25, 0.3) is 0 Å². The smallest absolute Gasteiger partial charge is 0.128 e. The van der Waals surface area contributed by atoms with Crippen molar-refractivity contribution < 1.29 is 5.11 Å². The van der Waals surface area contributed by atoms with Gasteiger partial charge in [-0.2, -0.15) is 0 Å². The topological polar surface area (TPSA) is 36.4 Å². The summed E-state index contributed by atoms with van der Waals surface area (Å²) in [6.07, 6.45) is 2.54. The maximum atomic E-state index is 9.65. The van der Waals surface area contributed by atoms with Gasteiger partial charge < -0.3 is 10.0 Å². The number of nitrogens with zero attached hydrogens (tertiary/aromatic N) is 2. The fraction of sp³-hybridized carbons (Fsp3) is 0.583. The summed E-state index contributed by atoms with van der Waals surface area (Å²) in [5.41, 5.74) is 1.23. The van der Waals surface area contributed by atoms with E-state index >= 15 is 0 Å². The molecule has 15 heavy (non-hydrogen) atoms. The molecule has 2 unspecified atom stereocenters. The molecule has 0 saturated carbocycles. The zero-order chi connectivity index (χ0) is 10.8. The van der Waals surface area contributed by atoms with Gasteiger partial charge >= 0.3 is 0 Å². The van der Waals surface area contributed by atoms with E-state index in [9.17, 15) is 5.11 Å². The van der Waals surface area contributed by atoms with Crippen LogP contribution in [0.5, 0.6) is 0 Å². The molecule has 1 aliphatic heterocycles. The number of aryl methyl sites for hydroxylation is 1. The van der Waals surface area contributed by atoms with Crippen LogP contribution in [-0.4, -0.2) is 29.3 Å². The predicted molar refractivity (Wildman–Crippen MR) is 61.0 cm³/mol. The van der Waals surface area contributed by atoms with Crippen LogP contribution in [0.25, 0.3) is 0 Å². The number of anilines is 1. The third-order valence-electron chi connectivity index (χ3n) is 3.09. The number of rotatable bonds is 1. The lowest BCUT2D eigenvalue weighted by molar-refractivity contribution is 0.0969. The number of piperidine rings is 1. The number of hydrogen-bond donors (Lipinski definition) is 1. The highest BCUT2D eigenvalue weighted by Crippen LogP contribution is 2.21. The van der Waals surface area contributed by atoms with Crippen molar-refractivity contribution in [1.29, 1.82) is 0 Å². The molecule has 3 heteroatoms. The molecule has 1 fully saturated rings. The highest BCUT2D eigenvalue weighted by molar-refractivity contribution is 5.41. The van der Waals surface area contributed by atoms with Gasteiger partial charge in [-0.3, -0.25) is 0 Å². The lowest BCUT2D eigenvalue weighted by Gasteiger charge is -2.35. The Bertz CT molecular complexity index is 340. The Kier molecular flexibility index (Phi) is 2.91. The van der Waals surface area contributed by atoms with E-state index in [1.165, 1.54) is 5.56 Å². The lowest BCUT2D eigenvalue weighted by Crippen LogP contribution is -2.42. The first-order valence-corrected chi connectivity index (χ1v) is 5.52. The maximum absolute atomic E-state index is 9.65. The minimum Gasteiger partial charge on any atom is -0.393 e. The molecule has 1 aliphatic rings. The van der Waals surface area contributed by atoms with E-state index in [1.807, 2.05) is 12.3 Å². The van der Waals surface area contributed by atoms with Crippen LogP contribution < -0.4 is 4.90 Å². The van der Waals surface area contributed by atoms with E-state index < -0.39 is 0 Å². The monoisotopic (exact) mass is 206 g/mol. The molecule has 2 atom stereocenters. The molecule has 0 radical (unpaired) electrons. The van der Waals surface area contributed by atoms with Gasteiger partial charge in [-0.1, -0.05) is 6.92 Å². The Morgan fingerprint density at radius 1 is 1.53 bits per heavy atom. The van der Waals surface area contributed by atoms with Gasteiger partial charge in [0.1, 0.15) is 5.82 Å². The number of aliphatic hydroxyl groups excluding tert-OH is 1. The minimum atomic E-state index is -0.147. The summed E-state index contributed by atoms with van der Waals surface area (Å²) in [6, 6.07) is 4.11. The fourth-order valence-electron chi connectivity index (χ4n) is 2.03. The first-order chi connectivity index (χ1) is 7.16. The van der Waals surface area contributed by atoms with Crippen molar-refractivity contribution in [3.63, 3.8) is 0 Å². The standard InChI is InChI=1S/C12H18N2O/c1-9-3-5-13-12(7-9)14-6-4-11(15)10(2)8-14/h3,5,7,10-11,15H,4,6,8H2,1-2H3. The largest absolute Gasteiger partial charge is 0.393 e. The zero-order valence-electron chi connectivity index (χ0n) is 9.35. The second-order valence-corrected chi connectivity index (χ2v) is 4.47. The molecular weight excluding hydrogens is 188 g/mol. The lowest BCUT2D eigenvalue weighted by atomic mass is 9.97. The molecule has 1 saturated heterocycles. The van der Waals surface area contributed by atoms with Crippen molar-refractivity contribution in [1.82, 2.24) is 4.98 Å². The highest BCUT2D eigenvalue weighted by Gasteiger charge is 2.24. The van der Waals surface area contributed by atoms with E-state index in [-0.39, 0.29) is 6.10 Å². The van der Waals surface area contributed by atoms with Gasteiger partial charge in [-0.15, -0.1) is 0 Å². The molecule has 0 amide bonds. The van der Waals surface area contributed by atoms with Crippen LogP contribution in [0.4, 0.5) is 5.82 Å². The molecule has 3 nitrogen and oxygen atoms in total. The van der Waals surface area contributed by atoms with E-state index in [0.717, 1.165) is 25.3 Å². The Morgan fingerprint density at radius 3 is 3.00 bits per heavy atom. The van der Waals surface area contributed by atoms with Gasteiger partial charge in [0, 0.05) is 19.3 Å².